The topological polar surface area (TPSA) is 92.6 Å². The number of imide groups is 1. The normalized spacial score (nSPS) is 19.6. The van der Waals surface area contributed by atoms with E-state index in [9.17, 15) is 32.9 Å². The zero-order chi connectivity index (χ0) is 20.7. The second-order valence-corrected chi connectivity index (χ2v) is 6.45. The summed E-state index contributed by atoms with van der Waals surface area (Å²) in [5.41, 5.74) is -2.50. The molecule has 7 nitrogen and oxygen atoms in total. The number of nitrogens with one attached hydrogen (secondary N) is 1. The lowest BCUT2D eigenvalue weighted by Crippen LogP contribution is -2.41. The molecule has 0 unspecified atom stereocenters. The van der Waals surface area contributed by atoms with E-state index in [1.54, 1.807) is 0 Å². The molecule has 1 saturated heterocycles. The first-order chi connectivity index (χ1) is 13.0. The molecule has 0 aromatic heterocycles. The number of halogens is 3. The maximum Gasteiger partial charge on any atom is 0.416 e. The lowest BCUT2D eigenvalue weighted by Gasteiger charge is -2.23. The zero-order valence-corrected chi connectivity index (χ0v) is 14.5. The van der Waals surface area contributed by atoms with Crippen molar-refractivity contribution < 1.29 is 27.7 Å². The Bertz CT molecular complexity index is 977. The van der Waals surface area contributed by atoms with Crippen molar-refractivity contribution in [1.82, 2.24) is 10.2 Å². The van der Waals surface area contributed by atoms with Crippen molar-refractivity contribution in [1.29, 1.82) is 0 Å². The van der Waals surface area contributed by atoms with Crippen LogP contribution in [-0.4, -0.2) is 21.8 Å². The minimum atomic E-state index is -4.60. The number of nitro groups is 1. The zero-order valence-electron chi connectivity index (χ0n) is 14.5. The number of nitrogens with zero attached hydrogens (tertiary/aromatic N) is 2. The van der Waals surface area contributed by atoms with Gasteiger partial charge in [0.05, 0.1) is 17.0 Å². The Morgan fingerprint density at radius 3 is 2.46 bits per heavy atom. The number of amides is 3. The van der Waals surface area contributed by atoms with E-state index < -0.39 is 34.1 Å². The Balaban J connectivity index is 1.91. The van der Waals surface area contributed by atoms with E-state index in [0.717, 1.165) is 23.1 Å². The fraction of sp³-hybridized carbons (Fsp3) is 0.222. The number of carbonyl (C=O) groups excluding carboxylic acids is 2. The van der Waals surface area contributed by atoms with Gasteiger partial charge >= 0.3 is 12.2 Å². The number of urea groups is 1. The van der Waals surface area contributed by atoms with Crippen LogP contribution in [0.25, 0.3) is 0 Å². The maximum atomic E-state index is 13.0. The van der Waals surface area contributed by atoms with Gasteiger partial charge in [-0.1, -0.05) is 24.3 Å². The summed E-state index contributed by atoms with van der Waals surface area (Å²) in [6.45, 7) is 1.07. The van der Waals surface area contributed by atoms with Gasteiger partial charge in [-0.05, 0) is 30.2 Å². The largest absolute Gasteiger partial charge is 0.416 e. The van der Waals surface area contributed by atoms with Crippen LogP contribution < -0.4 is 5.32 Å². The minimum absolute atomic E-state index is 0.0118. The van der Waals surface area contributed by atoms with Crippen LogP contribution in [0.3, 0.4) is 0 Å². The van der Waals surface area contributed by atoms with Gasteiger partial charge in [-0.25, -0.2) is 4.79 Å². The predicted molar refractivity (Wildman–Crippen MR) is 91.0 cm³/mol. The summed E-state index contributed by atoms with van der Waals surface area (Å²) in [6, 6.07) is 8.78. The van der Waals surface area contributed by atoms with Crippen LogP contribution in [0.1, 0.15) is 23.6 Å². The molecule has 0 bridgehead atoms. The summed E-state index contributed by atoms with van der Waals surface area (Å²) >= 11 is 0. The summed E-state index contributed by atoms with van der Waals surface area (Å²) in [7, 11) is 0. The quantitative estimate of drug-likeness (QED) is 0.488. The third-order valence-electron chi connectivity index (χ3n) is 4.50. The van der Waals surface area contributed by atoms with E-state index in [-0.39, 0.29) is 17.8 Å². The van der Waals surface area contributed by atoms with Gasteiger partial charge in [0, 0.05) is 12.1 Å². The molecule has 0 radical (unpaired) electrons. The SMILES string of the molecule is C[C@]1(c2cccc(C(F)(F)F)c2)NC(=O)N(Cc2cccc([N+](=O)[O-])c2)C1=O. The average molecular weight is 393 g/mol. The third-order valence-corrected chi connectivity index (χ3v) is 4.50. The van der Waals surface area contributed by atoms with Crippen molar-refractivity contribution in [3.05, 3.63) is 75.3 Å². The van der Waals surface area contributed by atoms with Crippen molar-refractivity contribution in [2.24, 2.45) is 0 Å². The van der Waals surface area contributed by atoms with Crippen molar-refractivity contribution >= 4 is 17.6 Å². The standard InChI is InChI=1S/C18H14F3N3O4/c1-17(12-5-3-6-13(9-12)18(19,20)21)15(25)23(16(26)22-17)10-11-4-2-7-14(8-11)24(27)28/h2-9H,10H2,1H3,(H,22,26)/t17-/m1/s1. The van der Waals surface area contributed by atoms with Crippen molar-refractivity contribution in [2.45, 2.75) is 25.2 Å². The van der Waals surface area contributed by atoms with Gasteiger partial charge in [0.25, 0.3) is 11.6 Å². The van der Waals surface area contributed by atoms with Crippen molar-refractivity contribution in [2.75, 3.05) is 0 Å². The van der Waals surface area contributed by atoms with Crippen LogP contribution in [-0.2, 0) is 23.1 Å². The fourth-order valence-electron chi connectivity index (χ4n) is 2.99. The summed E-state index contributed by atoms with van der Waals surface area (Å²) in [5, 5.41) is 13.3. The van der Waals surface area contributed by atoms with E-state index in [1.165, 1.54) is 37.3 Å². The second kappa shape index (κ2) is 6.63. The van der Waals surface area contributed by atoms with Crippen molar-refractivity contribution in [3.8, 4) is 0 Å². The Labute approximate surface area is 156 Å². The molecule has 28 heavy (non-hydrogen) atoms. The maximum absolute atomic E-state index is 13.0. The van der Waals surface area contributed by atoms with Crippen molar-refractivity contribution in [3.63, 3.8) is 0 Å². The van der Waals surface area contributed by atoms with E-state index in [1.807, 2.05) is 0 Å². The number of non-ortho nitro benzene ring substituents is 1. The van der Waals surface area contributed by atoms with Gasteiger partial charge in [-0.2, -0.15) is 13.2 Å². The van der Waals surface area contributed by atoms with E-state index in [2.05, 4.69) is 5.32 Å². The Morgan fingerprint density at radius 1 is 1.14 bits per heavy atom. The highest BCUT2D eigenvalue weighted by atomic mass is 19.4. The number of alkyl halides is 3. The number of rotatable bonds is 4. The molecule has 10 heteroatoms. The number of nitro benzene ring substituents is 1. The summed E-state index contributed by atoms with van der Waals surface area (Å²) in [6.07, 6.45) is -4.60. The summed E-state index contributed by atoms with van der Waals surface area (Å²) in [4.78, 5) is 36.2. The molecule has 3 amide bonds. The summed E-state index contributed by atoms with van der Waals surface area (Å²) < 4.78 is 38.9. The van der Waals surface area contributed by atoms with E-state index in [0.29, 0.717) is 5.56 Å². The highest BCUT2D eigenvalue weighted by Gasteiger charge is 2.49. The Hall–Kier alpha value is -3.43. The number of hydrogen-bond donors (Lipinski definition) is 1. The molecule has 146 valence electrons. The van der Waals surface area contributed by atoms with Gasteiger partial charge in [-0.3, -0.25) is 19.8 Å². The fourth-order valence-corrected chi connectivity index (χ4v) is 2.99. The molecular weight excluding hydrogens is 379 g/mol. The van der Waals surface area contributed by atoms with Crippen LogP contribution in [0.2, 0.25) is 0 Å². The van der Waals surface area contributed by atoms with Gasteiger partial charge in [0.1, 0.15) is 5.54 Å². The molecule has 1 aliphatic rings. The molecule has 1 fully saturated rings. The predicted octanol–water partition coefficient (Wildman–Crippen LogP) is 3.58. The first kappa shape index (κ1) is 19.3. The number of carbonyl (C=O) groups is 2. The minimum Gasteiger partial charge on any atom is -0.319 e. The summed E-state index contributed by atoms with van der Waals surface area (Å²) in [5.74, 6) is -0.747. The Morgan fingerprint density at radius 2 is 1.82 bits per heavy atom. The molecule has 1 aliphatic heterocycles. The van der Waals surface area contributed by atoms with Crippen LogP contribution in [0.4, 0.5) is 23.7 Å². The highest BCUT2D eigenvalue weighted by molar-refractivity contribution is 6.07. The molecule has 0 aliphatic carbocycles. The van der Waals surface area contributed by atoms with Gasteiger partial charge in [0.2, 0.25) is 0 Å². The van der Waals surface area contributed by atoms with Gasteiger partial charge < -0.3 is 5.32 Å². The molecule has 1 atom stereocenters. The van der Waals surface area contributed by atoms with E-state index >= 15 is 0 Å². The molecule has 1 heterocycles. The lowest BCUT2D eigenvalue weighted by atomic mass is 9.90. The average Bonchev–Trinajstić information content (AvgIpc) is 2.85. The number of benzene rings is 2. The number of hydrogen-bond acceptors (Lipinski definition) is 4. The van der Waals surface area contributed by atoms with Crippen LogP contribution >= 0.6 is 0 Å². The van der Waals surface area contributed by atoms with Gasteiger partial charge in [0.15, 0.2) is 0 Å². The van der Waals surface area contributed by atoms with Gasteiger partial charge in [-0.15, -0.1) is 0 Å². The molecule has 2 aromatic carbocycles. The lowest BCUT2D eigenvalue weighted by molar-refractivity contribution is -0.384. The molecule has 0 spiro atoms. The third kappa shape index (κ3) is 3.40. The first-order valence-corrected chi connectivity index (χ1v) is 8.07. The molecule has 1 N–H and O–H groups in total. The van der Waals surface area contributed by atoms with Crippen LogP contribution in [0.15, 0.2) is 48.5 Å². The van der Waals surface area contributed by atoms with Crippen LogP contribution in [0.5, 0.6) is 0 Å². The van der Waals surface area contributed by atoms with E-state index in [4.69, 9.17) is 0 Å². The molecular formula is C18H14F3N3O4. The first-order valence-electron chi connectivity index (χ1n) is 8.07. The molecule has 2 aromatic rings. The molecule has 3 rings (SSSR count). The smallest absolute Gasteiger partial charge is 0.319 e. The van der Waals surface area contributed by atoms with Crippen LogP contribution in [0, 0.1) is 10.1 Å². The molecule has 0 saturated carbocycles. The highest BCUT2D eigenvalue weighted by Crippen LogP contribution is 2.35. The second-order valence-electron chi connectivity index (χ2n) is 6.45. The monoisotopic (exact) mass is 393 g/mol. The Kier molecular flexibility index (Phi) is 4.58.